The van der Waals surface area contributed by atoms with Crippen molar-refractivity contribution < 1.29 is 13.6 Å². The number of hydrogen-bond donors (Lipinski definition) is 1. The van der Waals surface area contributed by atoms with Gasteiger partial charge in [0, 0.05) is 6.04 Å². The van der Waals surface area contributed by atoms with Gasteiger partial charge in [0.05, 0.1) is 13.2 Å². The summed E-state index contributed by atoms with van der Waals surface area (Å²) in [7, 11) is -3.14. The van der Waals surface area contributed by atoms with Crippen molar-refractivity contribution in [3.63, 3.8) is 0 Å². The lowest BCUT2D eigenvalue weighted by Gasteiger charge is -2.47. The minimum atomic E-state index is -3.14. The van der Waals surface area contributed by atoms with E-state index in [0.717, 1.165) is 19.3 Å². The molecule has 0 aromatic heterocycles. The van der Waals surface area contributed by atoms with Crippen LogP contribution in [0.2, 0.25) is 0 Å². The summed E-state index contributed by atoms with van der Waals surface area (Å²) in [4.78, 5) is 0. The van der Waals surface area contributed by atoms with Gasteiger partial charge in [0.2, 0.25) is 0 Å². The van der Waals surface area contributed by atoms with Crippen LogP contribution in [0.5, 0.6) is 0 Å². The fourth-order valence-electron chi connectivity index (χ4n) is 2.86. The zero-order valence-corrected chi connectivity index (χ0v) is 14.1. The van der Waals surface area contributed by atoms with E-state index in [1.165, 1.54) is 5.56 Å². The smallest absolute Gasteiger partial charge is 0.308 e. The van der Waals surface area contributed by atoms with Crippen molar-refractivity contribution in [1.29, 1.82) is 0 Å². The van der Waals surface area contributed by atoms with Gasteiger partial charge in [-0.05, 0) is 45.6 Å². The van der Waals surface area contributed by atoms with E-state index in [2.05, 4.69) is 24.4 Å². The zero-order chi connectivity index (χ0) is 15.3. The Balaban J connectivity index is 2.19. The average Bonchev–Trinajstić information content (AvgIpc) is 2.44. The first kappa shape index (κ1) is 16.7. The molecule has 0 radical (unpaired) electrons. The topological polar surface area (TPSA) is 47.6 Å². The Morgan fingerprint density at radius 2 is 1.76 bits per heavy atom. The van der Waals surface area contributed by atoms with Gasteiger partial charge in [-0.1, -0.05) is 30.3 Å². The van der Waals surface area contributed by atoms with Crippen LogP contribution < -0.4 is 5.32 Å². The molecule has 5 heteroatoms. The highest BCUT2D eigenvalue weighted by molar-refractivity contribution is 7.55. The van der Waals surface area contributed by atoms with Gasteiger partial charge in [0.25, 0.3) is 0 Å². The van der Waals surface area contributed by atoms with Crippen molar-refractivity contribution in [2.24, 2.45) is 0 Å². The molecule has 1 N–H and O–H groups in total. The third kappa shape index (κ3) is 3.40. The van der Waals surface area contributed by atoms with Crippen molar-refractivity contribution in [3.8, 4) is 0 Å². The third-order valence-corrected chi connectivity index (χ3v) is 6.91. The fourth-order valence-corrected chi connectivity index (χ4v) is 5.33. The molecule has 21 heavy (non-hydrogen) atoms. The minimum Gasteiger partial charge on any atom is -0.308 e. The molecule has 4 nitrogen and oxygen atoms in total. The van der Waals surface area contributed by atoms with Crippen LogP contribution in [-0.4, -0.2) is 18.5 Å². The molecule has 2 rings (SSSR count). The van der Waals surface area contributed by atoms with Crippen LogP contribution in [0.15, 0.2) is 30.3 Å². The number of benzene rings is 1. The molecule has 1 saturated carbocycles. The molecule has 1 aromatic rings. The molecular weight excluding hydrogens is 285 g/mol. The summed E-state index contributed by atoms with van der Waals surface area (Å²) in [5.41, 5.74) is 1.18. The molecule has 0 amide bonds. The summed E-state index contributed by atoms with van der Waals surface area (Å²) in [5.74, 6) is 0. The molecule has 0 spiro atoms. The van der Waals surface area contributed by atoms with Crippen LogP contribution in [0.4, 0.5) is 0 Å². The van der Waals surface area contributed by atoms with Crippen LogP contribution in [-0.2, 0) is 13.6 Å². The first-order chi connectivity index (χ1) is 10.1. The highest BCUT2D eigenvalue weighted by Crippen LogP contribution is 2.66. The van der Waals surface area contributed by atoms with Gasteiger partial charge in [-0.2, -0.15) is 0 Å². The molecule has 1 fully saturated rings. The summed E-state index contributed by atoms with van der Waals surface area (Å²) in [6.07, 6.45) is 2.72. The Labute approximate surface area is 127 Å². The SMILES string of the molecule is CCOP(=O)(OCC)C1(NC(C)c2ccccc2)CCC1. The van der Waals surface area contributed by atoms with Gasteiger partial charge in [-0.3, -0.25) is 9.88 Å². The lowest BCUT2D eigenvalue weighted by molar-refractivity contribution is 0.143. The Kier molecular flexibility index (Phi) is 5.61. The van der Waals surface area contributed by atoms with Crippen LogP contribution in [0.3, 0.4) is 0 Å². The van der Waals surface area contributed by atoms with Crippen molar-refractivity contribution in [2.75, 3.05) is 13.2 Å². The van der Waals surface area contributed by atoms with Crippen molar-refractivity contribution >= 4 is 7.60 Å². The van der Waals surface area contributed by atoms with E-state index in [0.29, 0.717) is 13.2 Å². The first-order valence-corrected chi connectivity index (χ1v) is 9.33. The normalized spacial score (nSPS) is 19.0. The molecule has 0 saturated heterocycles. The maximum Gasteiger partial charge on any atom is 0.350 e. The van der Waals surface area contributed by atoms with E-state index in [9.17, 15) is 4.57 Å². The standard InChI is InChI=1S/C16H26NO3P/c1-4-19-21(18,20-5-2)16(12-9-13-16)17-14(3)15-10-7-6-8-11-15/h6-8,10-11,14,17H,4-5,9,12-13H2,1-3H3. The second-order valence-electron chi connectivity index (χ2n) is 5.49. The van der Waals surface area contributed by atoms with E-state index >= 15 is 0 Å². The molecule has 1 unspecified atom stereocenters. The van der Waals surface area contributed by atoms with E-state index in [-0.39, 0.29) is 6.04 Å². The number of nitrogens with one attached hydrogen (secondary N) is 1. The number of rotatable bonds is 8. The Bertz CT molecular complexity index is 478. The fraction of sp³-hybridized carbons (Fsp3) is 0.625. The molecule has 1 aliphatic rings. The third-order valence-electron chi connectivity index (χ3n) is 4.09. The average molecular weight is 311 g/mol. The molecule has 1 aromatic carbocycles. The molecule has 1 aliphatic carbocycles. The zero-order valence-electron chi connectivity index (χ0n) is 13.2. The van der Waals surface area contributed by atoms with E-state index in [1.807, 2.05) is 32.0 Å². The second-order valence-corrected chi connectivity index (χ2v) is 7.86. The van der Waals surface area contributed by atoms with Gasteiger partial charge < -0.3 is 9.05 Å². The van der Waals surface area contributed by atoms with Gasteiger partial charge in [0.15, 0.2) is 0 Å². The molecule has 1 atom stereocenters. The predicted octanol–water partition coefficient (Wildman–Crippen LogP) is 4.48. The summed E-state index contributed by atoms with van der Waals surface area (Å²) < 4.78 is 24.3. The quantitative estimate of drug-likeness (QED) is 0.719. The largest absolute Gasteiger partial charge is 0.350 e. The van der Waals surface area contributed by atoms with Crippen LogP contribution in [0.25, 0.3) is 0 Å². The Morgan fingerprint density at radius 3 is 2.19 bits per heavy atom. The molecule has 118 valence electrons. The Hall–Kier alpha value is -0.670. The number of hydrogen-bond acceptors (Lipinski definition) is 4. The predicted molar refractivity (Wildman–Crippen MR) is 85.4 cm³/mol. The molecule has 0 heterocycles. The van der Waals surface area contributed by atoms with Crippen LogP contribution in [0.1, 0.15) is 51.6 Å². The lowest BCUT2D eigenvalue weighted by Crippen LogP contribution is -2.52. The van der Waals surface area contributed by atoms with Gasteiger partial charge >= 0.3 is 7.60 Å². The maximum absolute atomic E-state index is 13.2. The van der Waals surface area contributed by atoms with Gasteiger partial charge in [0.1, 0.15) is 5.28 Å². The van der Waals surface area contributed by atoms with Gasteiger partial charge in [-0.25, -0.2) is 0 Å². The van der Waals surface area contributed by atoms with Crippen LogP contribution in [0, 0.1) is 0 Å². The van der Waals surface area contributed by atoms with E-state index in [4.69, 9.17) is 9.05 Å². The Morgan fingerprint density at radius 1 is 1.19 bits per heavy atom. The summed E-state index contributed by atoms with van der Waals surface area (Å²) in [6.45, 7) is 6.62. The van der Waals surface area contributed by atoms with E-state index < -0.39 is 12.9 Å². The summed E-state index contributed by atoms with van der Waals surface area (Å²) in [5, 5.41) is 3.01. The highest BCUT2D eigenvalue weighted by atomic mass is 31.2. The van der Waals surface area contributed by atoms with Crippen molar-refractivity contribution in [2.45, 2.75) is 51.4 Å². The summed E-state index contributed by atoms with van der Waals surface area (Å²) in [6, 6.07) is 10.3. The van der Waals surface area contributed by atoms with E-state index in [1.54, 1.807) is 0 Å². The van der Waals surface area contributed by atoms with Crippen molar-refractivity contribution in [1.82, 2.24) is 5.32 Å². The molecular formula is C16H26NO3P. The minimum absolute atomic E-state index is 0.112. The maximum atomic E-state index is 13.2. The van der Waals surface area contributed by atoms with Crippen LogP contribution >= 0.6 is 7.60 Å². The lowest BCUT2D eigenvalue weighted by atomic mass is 9.90. The second kappa shape index (κ2) is 7.06. The molecule has 0 aliphatic heterocycles. The highest BCUT2D eigenvalue weighted by Gasteiger charge is 2.55. The first-order valence-electron chi connectivity index (χ1n) is 7.79. The van der Waals surface area contributed by atoms with Gasteiger partial charge in [-0.15, -0.1) is 0 Å². The molecule has 0 bridgehead atoms. The monoisotopic (exact) mass is 311 g/mol. The summed E-state index contributed by atoms with van der Waals surface area (Å²) >= 11 is 0. The van der Waals surface area contributed by atoms with Crippen molar-refractivity contribution in [3.05, 3.63) is 35.9 Å².